The number of nitrogens with one attached hydrogen (secondary N) is 1. The van der Waals surface area contributed by atoms with Crippen molar-refractivity contribution in [2.75, 3.05) is 12.4 Å². The largest absolute Gasteiger partial charge is 0.497 e. The molecule has 0 saturated heterocycles. The standard InChI is InChI=1S/C22H19ClN4O2/c1-13-7-9-16(10-8-13)27-21-19(14(2)26-27)20(23)18(12-24-21)22(28)25-15-5-4-6-17(11-15)29-3/h4-12H,1-3H3,(H,25,28). The van der Waals surface area contributed by atoms with Gasteiger partial charge < -0.3 is 10.1 Å². The number of carbonyl (C=O) groups excluding carboxylic acids is 1. The number of fused-ring (bicyclic) bond motifs is 1. The summed E-state index contributed by atoms with van der Waals surface area (Å²) < 4.78 is 6.93. The smallest absolute Gasteiger partial charge is 0.258 e. The number of hydrogen-bond donors (Lipinski definition) is 1. The van der Waals surface area contributed by atoms with Crippen LogP contribution in [0.15, 0.2) is 54.7 Å². The van der Waals surface area contributed by atoms with Crippen molar-refractivity contribution in [2.24, 2.45) is 0 Å². The number of benzene rings is 2. The van der Waals surface area contributed by atoms with E-state index in [1.807, 2.05) is 38.1 Å². The van der Waals surface area contributed by atoms with Crippen molar-refractivity contribution in [2.45, 2.75) is 13.8 Å². The number of carbonyl (C=O) groups is 1. The minimum Gasteiger partial charge on any atom is -0.497 e. The van der Waals surface area contributed by atoms with E-state index in [-0.39, 0.29) is 11.5 Å². The maximum atomic E-state index is 12.8. The van der Waals surface area contributed by atoms with E-state index in [1.165, 1.54) is 6.20 Å². The molecule has 0 atom stereocenters. The Balaban J connectivity index is 1.73. The van der Waals surface area contributed by atoms with Crippen LogP contribution in [-0.2, 0) is 0 Å². The second-order valence-electron chi connectivity index (χ2n) is 6.70. The minimum atomic E-state index is -0.347. The summed E-state index contributed by atoms with van der Waals surface area (Å²) in [7, 11) is 1.57. The van der Waals surface area contributed by atoms with Crippen LogP contribution >= 0.6 is 11.6 Å². The van der Waals surface area contributed by atoms with Gasteiger partial charge in [0.15, 0.2) is 5.65 Å². The summed E-state index contributed by atoms with van der Waals surface area (Å²) in [5.41, 5.74) is 4.24. The van der Waals surface area contributed by atoms with Gasteiger partial charge in [0.2, 0.25) is 0 Å². The van der Waals surface area contributed by atoms with Gasteiger partial charge in [0.25, 0.3) is 5.91 Å². The monoisotopic (exact) mass is 406 g/mol. The summed E-state index contributed by atoms with van der Waals surface area (Å²) >= 11 is 6.61. The van der Waals surface area contributed by atoms with Crippen LogP contribution in [0.4, 0.5) is 5.69 Å². The first kappa shape index (κ1) is 19.0. The number of rotatable bonds is 4. The Morgan fingerprint density at radius 3 is 2.62 bits per heavy atom. The van der Waals surface area contributed by atoms with Crippen LogP contribution in [0.3, 0.4) is 0 Å². The minimum absolute atomic E-state index is 0.286. The van der Waals surface area contributed by atoms with Gasteiger partial charge in [-0.05, 0) is 38.1 Å². The molecule has 2 aromatic carbocycles. The third-order valence-electron chi connectivity index (χ3n) is 4.66. The molecule has 0 spiro atoms. The number of ether oxygens (including phenoxy) is 1. The number of nitrogens with zero attached hydrogens (tertiary/aromatic N) is 3. The molecular weight excluding hydrogens is 388 g/mol. The molecule has 0 bridgehead atoms. The van der Waals surface area contributed by atoms with Crippen molar-refractivity contribution >= 4 is 34.2 Å². The first-order valence-corrected chi connectivity index (χ1v) is 9.42. The third-order valence-corrected chi connectivity index (χ3v) is 5.05. The predicted molar refractivity (Wildman–Crippen MR) is 114 cm³/mol. The van der Waals surface area contributed by atoms with Gasteiger partial charge in [0, 0.05) is 18.0 Å². The van der Waals surface area contributed by atoms with Crippen LogP contribution in [0.1, 0.15) is 21.6 Å². The van der Waals surface area contributed by atoms with Gasteiger partial charge in [0.05, 0.1) is 34.5 Å². The van der Waals surface area contributed by atoms with E-state index in [1.54, 1.807) is 36.1 Å². The summed E-state index contributed by atoms with van der Waals surface area (Å²) in [5, 5.41) is 8.39. The van der Waals surface area contributed by atoms with Gasteiger partial charge in [0.1, 0.15) is 5.75 Å². The lowest BCUT2D eigenvalue weighted by atomic mass is 10.2. The summed E-state index contributed by atoms with van der Waals surface area (Å²) in [5.74, 6) is 0.304. The molecule has 146 valence electrons. The number of hydrogen-bond acceptors (Lipinski definition) is 4. The molecule has 1 N–H and O–H groups in total. The van der Waals surface area contributed by atoms with Crippen LogP contribution in [-0.4, -0.2) is 27.8 Å². The van der Waals surface area contributed by atoms with Crippen LogP contribution in [0.5, 0.6) is 5.75 Å². The molecule has 0 unspecified atom stereocenters. The number of aromatic nitrogens is 3. The third kappa shape index (κ3) is 3.54. The molecule has 4 rings (SSSR count). The molecule has 6 nitrogen and oxygen atoms in total. The van der Waals surface area contributed by atoms with Crippen molar-refractivity contribution in [1.82, 2.24) is 14.8 Å². The van der Waals surface area contributed by atoms with Crippen molar-refractivity contribution in [3.8, 4) is 11.4 Å². The van der Waals surface area contributed by atoms with Gasteiger partial charge >= 0.3 is 0 Å². The number of amides is 1. The molecule has 0 aliphatic rings. The first-order valence-electron chi connectivity index (χ1n) is 9.04. The zero-order valence-corrected chi connectivity index (χ0v) is 17.0. The van der Waals surface area contributed by atoms with Crippen LogP contribution in [0.25, 0.3) is 16.7 Å². The first-order chi connectivity index (χ1) is 14.0. The second kappa shape index (κ2) is 7.56. The molecule has 0 aliphatic carbocycles. The van der Waals surface area contributed by atoms with E-state index in [2.05, 4.69) is 15.4 Å². The maximum absolute atomic E-state index is 12.8. The van der Waals surface area contributed by atoms with E-state index >= 15 is 0 Å². The number of aryl methyl sites for hydroxylation is 2. The Labute approximate surface area is 173 Å². The molecule has 4 aromatic rings. The number of halogens is 1. The molecule has 0 saturated carbocycles. The summed E-state index contributed by atoms with van der Waals surface area (Å²) in [6.45, 7) is 3.88. The van der Waals surface area contributed by atoms with Gasteiger partial charge in [-0.3, -0.25) is 4.79 Å². The molecule has 1 amide bonds. The van der Waals surface area contributed by atoms with Gasteiger partial charge in [-0.25, -0.2) is 9.67 Å². The quantitative estimate of drug-likeness (QED) is 0.520. The van der Waals surface area contributed by atoms with Crippen LogP contribution in [0.2, 0.25) is 5.02 Å². The summed E-state index contributed by atoms with van der Waals surface area (Å²) in [6.07, 6.45) is 1.48. The average molecular weight is 407 g/mol. The van der Waals surface area contributed by atoms with Crippen LogP contribution in [0, 0.1) is 13.8 Å². The Hall–Kier alpha value is -3.38. The summed E-state index contributed by atoms with van der Waals surface area (Å²) in [4.78, 5) is 17.3. The fourth-order valence-corrected chi connectivity index (χ4v) is 3.49. The molecule has 0 aliphatic heterocycles. The van der Waals surface area contributed by atoms with E-state index < -0.39 is 0 Å². The molecule has 2 aromatic heterocycles. The number of methoxy groups -OCH3 is 1. The lowest BCUT2D eigenvalue weighted by molar-refractivity contribution is 0.102. The SMILES string of the molecule is COc1cccc(NC(=O)c2cnc3c(c(C)nn3-c3ccc(C)cc3)c2Cl)c1. The van der Waals surface area contributed by atoms with Gasteiger partial charge in [-0.1, -0.05) is 35.4 Å². The predicted octanol–water partition coefficient (Wildman–Crippen LogP) is 4.95. The topological polar surface area (TPSA) is 69.0 Å². The molecule has 2 heterocycles. The highest BCUT2D eigenvalue weighted by Crippen LogP contribution is 2.30. The summed E-state index contributed by atoms with van der Waals surface area (Å²) in [6, 6.07) is 15.1. The van der Waals surface area contributed by atoms with Crippen molar-refractivity contribution in [1.29, 1.82) is 0 Å². The van der Waals surface area contributed by atoms with E-state index in [0.717, 1.165) is 11.3 Å². The van der Waals surface area contributed by atoms with E-state index in [4.69, 9.17) is 16.3 Å². The lowest BCUT2D eigenvalue weighted by Gasteiger charge is -2.09. The highest BCUT2D eigenvalue weighted by atomic mass is 35.5. The Kier molecular flexibility index (Phi) is 4.94. The molecule has 0 fully saturated rings. The molecular formula is C22H19ClN4O2. The van der Waals surface area contributed by atoms with Crippen molar-refractivity contribution in [3.63, 3.8) is 0 Å². The van der Waals surface area contributed by atoms with Crippen LogP contribution < -0.4 is 10.1 Å². The molecule has 29 heavy (non-hydrogen) atoms. The Bertz CT molecular complexity index is 1220. The fraction of sp³-hybridized carbons (Fsp3) is 0.136. The number of anilines is 1. The van der Waals surface area contributed by atoms with Crippen molar-refractivity contribution in [3.05, 3.63) is 76.6 Å². The lowest BCUT2D eigenvalue weighted by Crippen LogP contribution is -2.13. The molecule has 7 heteroatoms. The number of pyridine rings is 1. The van der Waals surface area contributed by atoms with Crippen molar-refractivity contribution < 1.29 is 9.53 Å². The Morgan fingerprint density at radius 2 is 1.90 bits per heavy atom. The Morgan fingerprint density at radius 1 is 1.14 bits per heavy atom. The zero-order valence-electron chi connectivity index (χ0n) is 16.2. The fourth-order valence-electron chi connectivity index (χ4n) is 3.13. The highest BCUT2D eigenvalue weighted by Gasteiger charge is 2.20. The molecule has 0 radical (unpaired) electrons. The highest BCUT2D eigenvalue weighted by molar-refractivity contribution is 6.39. The maximum Gasteiger partial charge on any atom is 0.258 e. The zero-order chi connectivity index (χ0) is 20.5. The second-order valence-corrected chi connectivity index (χ2v) is 7.08. The van der Waals surface area contributed by atoms with E-state index in [9.17, 15) is 4.79 Å². The average Bonchev–Trinajstić information content (AvgIpc) is 3.06. The van der Waals surface area contributed by atoms with Gasteiger partial charge in [-0.15, -0.1) is 0 Å². The van der Waals surface area contributed by atoms with Gasteiger partial charge in [-0.2, -0.15) is 5.10 Å². The van der Waals surface area contributed by atoms with E-state index in [0.29, 0.717) is 33.2 Å². The normalized spacial score (nSPS) is 10.9.